The summed E-state index contributed by atoms with van der Waals surface area (Å²) in [5.41, 5.74) is 2.69. The standard InChI is InChI=1S/C23H17BrI2O3/c1-28-19-9-5-17(6-10-19)22(27)11-4-16-12-20(25)23(21(26)13-16)29-14-15-2-7-18(24)8-3-15/h2-13H,14H2,1H3/b11-4+. The lowest BCUT2D eigenvalue weighted by Crippen LogP contribution is -1.99. The van der Waals surface area contributed by atoms with E-state index in [9.17, 15) is 4.79 Å². The number of hydrogen-bond donors (Lipinski definition) is 0. The highest BCUT2D eigenvalue weighted by atomic mass is 127. The monoisotopic (exact) mass is 674 g/mol. The van der Waals surface area contributed by atoms with Gasteiger partial charge in [-0.05, 0) is 111 Å². The number of rotatable bonds is 7. The summed E-state index contributed by atoms with van der Waals surface area (Å²) in [5.74, 6) is 1.54. The Bertz CT molecular complexity index is 1010. The second-order valence-corrected chi connectivity index (χ2v) is 9.39. The molecule has 3 aromatic carbocycles. The molecule has 3 aromatic rings. The molecule has 0 amide bonds. The normalized spacial score (nSPS) is 10.9. The molecule has 0 aliphatic heterocycles. The second kappa shape index (κ2) is 10.6. The Labute approximate surface area is 205 Å². The van der Waals surface area contributed by atoms with Crippen LogP contribution in [0, 0.1) is 7.14 Å². The quantitative estimate of drug-likeness (QED) is 0.152. The topological polar surface area (TPSA) is 35.5 Å². The molecular formula is C23H17BrI2O3. The first kappa shape index (κ1) is 22.3. The molecule has 0 aromatic heterocycles. The van der Waals surface area contributed by atoms with E-state index in [2.05, 4.69) is 61.1 Å². The van der Waals surface area contributed by atoms with Crippen molar-refractivity contribution in [1.29, 1.82) is 0 Å². The summed E-state index contributed by atoms with van der Waals surface area (Å²) in [6.07, 6.45) is 3.42. The molecule has 0 bridgehead atoms. The molecule has 0 heterocycles. The molecule has 0 fully saturated rings. The molecule has 0 spiro atoms. The molecular weight excluding hydrogens is 658 g/mol. The molecule has 29 heavy (non-hydrogen) atoms. The van der Waals surface area contributed by atoms with E-state index in [1.807, 2.05) is 42.5 Å². The molecule has 3 nitrogen and oxygen atoms in total. The van der Waals surface area contributed by atoms with E-state index in [0.717, 1.165) is 34.2 Å². The Morgan fingerprint density at radius 1 is 1.00 bits per heavy atom. The van der Waals surface area contributed by atoms with E-state index in [4.69, 9.17) is 9.47 Å². The Kier molecular flexibility index (Phi) is 8.14. The van der Waals surface area contributed by atoms with Crippen molar-refractivity contribution in [3.05, 3.63) is 95.0 Å². The van der Waals surface area contributed by atoms with E-state index in [0.29, 0.717) is 12.2 Å². The maximum absolute atomic E-state index is 12.4. The third-order valence-corrected chi connectivity index (χ3v) is 6.25. The van der Waals surface area contributed by atoms with Gasteiger partial charge in [-0.2, -0.15) is 0 Å². The SMILES string of the molecule is COc1ccc(C(=O)/C=C/c2cc(I)c(OCc3ccc(Br)cc3)c(I)c2)cc1. The van der Waals surface area contributed by atoms with E-state index in [1.54, 1.807) is 37.5 Å². The van der Waals surface area contributed by atoms with Crippen molar-refractivity contribution in [2.75, 3.05) is 7.11 Å². The fourth-order valence-corrected chi connectivity index (χ4v) is 4.97. The lowest BCUT2D eigenvalue weighted by Gasteiger charge is -2.11. The smallest absolute Gasteiger partial charge is 0.185 e. The van der Waals surface area contributed by atoms with Gasteiger partial charge in [0.25, 0.3) is 0 Å². The maximum atomic E-state index is 12.4. The zero-order valence-corrected chi connectivity index (χ0v) is 21.4. The Morgan fingerprint density at radius 3 is 2.21 bits per heavy atom. The third kappa shape index (κ3) is 6.29. The molecule has 0 radical (unpaired) electrons. The lowest BCUT2D eigenvalue weighted by molar-refractivity contribution is 0.104. The van der Waals surface area contributed by atoms with Crippen molar-refractivity contribution in [3.8, 4) is 11.5 Å². The minimum Gasteiger partial charge on any atom is -0.497 e. The second-order valence-electron chi connectivity index (χ2n) is 6.15. The van der Waals surface area contributed by atoms with Crippen molar-refractivity contribution in [3.63, 3.8) is 0 Å². The van der Waals surface area contributed by atoms with Gasteiger partial charge in [-0.3, -0.25) is 4.79 Å². The van der Waals surface area contributed by atoms with Crippen LogP contribution in [-0.4, -0.2) is 12.9 Å². The number of ketones is 1. The summed E-state index contributed by atoms with van der Waals surface area (Å²) in [6.45, 7) is 0.504. The van der Waals surface area contributed by atoms with E-state index >= 15 is 0 Å². The highest BCUT2D eigenvalue weighted by molar-refractivity contribution is 14.1. The van der Waals surface area contributed by atoms with Gasteiger partial charge in [-0.1, -0.05) is 34.1 Å². The number of allylic oxidation sites excluding steroid dienone is 1. The van der Waals surface area contributed by atoms with Crippen molar-refractivity contribution in [2.45, 2.75) is 6.61 Å². The van der Waals surface area contributed by atoms with Crippen LogP contribution >= 0.6 is 61.1 Å². The first-order valence-corrected chi connectivity index (χ1v) is 11.6. The van der Waals surface area contributed by atoms with Crippen LogP contribution in [0.2, 0.25) is 0 Å². The Balaban J connectivity index is 1.69. The van der Waals surface area contributed by atoms with Gasteiger partial charge >= 0.3 is 0 Å². The average molecular weight is 675 g/mol. The van der Waals surface area contributed by atoms with E-state index in [-0.39, 0.29) is 5.78 Å². The molecule has 0 atom stereocenters. The Morgan fingerprint density at radius 2 is 1.62 bits per heavy atom. The van der Waals surface area contributed by atoms with Crippen LogP contribution in [0.5, 0.6) is 11.5 Å². The van der Waals surface area contributed by atoms with Crippen LogP contribution in [-0.2, 0) is 6.61 Å². The van der Waals surface area contributed by atoms with Gasteiger partial charge in [0, 0.05) is 10.0 Å². The van der Waals surface area contributed by atoms with Crippen molar-refractivity contribution in [2.24, 2.45) is 0 Å². The van der Waals surface area contributed by atoms with Gasteiger partial charge in [0.1, 0.15) is 18.1 Å². The van der Waals surface area contributed by atoms with Crippen LogP contribution in [0.4, 0.5) is 0 Å². The maximum Gasteiger partial charge on any atom is 0.185 e. The van der Waals surface area contributed by atoms with Crippen molar-refractivity contribution >= 4 is 73.0 Å². The number of halogens is 3. The van der Waals surface area contributed by atoms with Gasteiger partial charge in [0.05, 0.1) is 14.3 Å². The molecule has 0 aliphatic carbocycles. The summed E-state index contributed by atoms with van der Waals surface area (Å²) in [5, 5.41) is 0. The molecule has 6 heteroatoms. The van der Waals surface area contributed by atoms with Crippen molar-refractivity contribution in [1.82, 2.24) is 0 Å². The molecule has 0 saturated carbocycles. The van der Waals surface area contributed by atoms with Crippen LogP contribution in [0.25, 0.3) is 6.08 Å². The summed E-state index contributed by atoms with van der Waals surface area (Å²) in [6, 6.07) is 19.2. The minimum atomic E-state index is -0.0479. The van der Waals surface area contributed by atoms with Gasteiger partial charge in [-0.15, -0.1) is 0 Å². The van der Waals surface area contributed by atoms with Crippen molar-refractivity contribution < 1.29 is 14.3 Å². The van der Waals surface area contributed by atoms with Gasteiger partial charge in [-0.25, -0.2) is 0 Å². The third-order valence-electron chi connectivity index (χ3n) is 4.12. The highest BCUT2D eigenvalue weighted by Crippen LogP contribution is 2.30. The number of carbonyl (C=O) groups is 1. The fraction of sp³-hybridized carbons (Fsp3) is 0.0870. The van der Waals surface area contributed by atoms with Crippen LogP contribution in [0.15, 0.2) is 71.2 Å². The summed E-state index contributed by atoms with van der Waals surface area (Å²) < 4.78 is 14.2. The van der Waals surface area contributed by atoms with E-state index in [1.165, 1.54) is 0 Å². The zero-order chi connectivity index (χ0) is 20.8. The lowest BCUT2D eigenvalue weighted by atomic mass is 10.1. The number of carbonyl (C=O) groups excluding carboxylic acids is 1. The molecule has 148 valence electrons. The number of ether oxygens (including phenoxy) is 2. The summed E-state index contributed by atoms with van der Waals surface area (Å²) >= 11 is 7.97. The molecule has 0 aliphatic rings. The predicted molar refractivity (Wildman–Crippen MR) is 137 cm³/mol. The van der Waals surface area contributed by atoms with Gasteiger partial charge in [0.15, 0.2) is 5.78 Å². The van der Waals surface area contributed by atoms with Crippen LogP contribution in [0.1, 0.15) is 21.5 Å². The first-order chi connectivity index (χ1) is 14.0. The number of methoxy groups -OCH3 is 1. The average Bonchev–Trinajstić information content (AvgIpc) is 2.72. The predicted octanol–water partition coefficient (Wildman–Crippen LogP) is 7.14. The number of hydrogen-bond acceptors (Lipinski definition) is 3. The molecule has 0 saturated heterocycles. The van der Waals surface area contributed by atoms with Gasteiger partial charge in [0.2, 0.25) is 0 Å². The summed E-state index contributed by atoms with van der Waals surface area (Å²) in [4.78, 5) is 12.4. The largest absolute Gasteiger partial charge is 0.497 e. The minimum absolute atomic E-state index is 0.0479. The first-order valence-electron chi connectivity index (χ1n) is 8.69. The summed E-state index contributed by atoms with van der Waals surface area (Å²) in [7, 11) is 1.60. The molecule has 3 rings (SSSR count). The number of benzene rings is 3. The van der Waals surface area contributed by atoms with Crippen LogP contribution < -0.4 is 9.47 Å². The Hall–Kier alpha value is -1.39. The van der Waals surface area contributed by atoms with E-state index < -0.39 is 0 Å². The highest BCUT2D eigenvalue weighted by Gasteiger charge is 2.09. The fourth-order valence-electron chi connectivity index (χ4n) is 2.57. The van der Waals surface area contributed by atoms with Gasteiger partial charge < -0.3 is 9.47 Å². The van der Waals surface area contributed by atoms with Crippen LogP contribution in [0.3, 0.4) is 0 Å². The zero-order valence-electron chi connectivity index (χ0n) is 15.5. The molecule has 0 unspecified atom stereocenters. The molecule has 0 N–H and O–H groups in total.